The van der Waals surface area contributed by atoms with Gasteiger partial charge in [0.25, 0.3) is 0 Å². The van der Waals surface area contributed by atoms with E-state index in [9.17, 15) is 4.79 Å². The van der Waals surface area contributed by atoms with E-state index in [-0.39, 0.29) is 0 Å². The number of halogens is 1. The zero-order chi connectivity index (χ0) is 14.0. The number of benzene rings is 1. The van der Waals surface area contributed by atoms with Gasteiger partial charge < -0.3 is 0 Å². The molecule has 0 aliphatic carbocycles. The molecule has 19 heavy (non-hydrogen) atoms. The van der Waals surface area contributed by atoms with Crippen LogP contribution < -0.4 is 0 Å². The first-order chi connectivity index (χ1) is 9.12. The second kappa shape index (κ2) is 5.57. The number of hydrogen-bond donors (Lipinski definition) is 0. The Balaban J connectivity index is 2.77. The third kappa shape index (κ3) is 2.43. The number of hydrogen-bond acceptors (Lipinski definition) is 2. The van der Waals surface area contributed by atoms with E-state index < -0.39 is 0 Å². The van der Waals surface area contributed by atoms with Crippen LogP contribution in [0.2, 0.25) is 5.02 Å². The Morgan fingerprint density at radius 3 is 2.63 bits per heavy atom. The van der Waals surface area contributed by atoms with Gasteiger partial charge in [-0.05, 0) is 36.6 Å². The first-order valence-corrected chi connectivity index (χ1v) is 6.80. The smallest absolute Gasteiger partial charge is 0.150 e. The van der Waals surface area contributed by atoms with Crippen molar-refractivity contribution in [3.63, 3.8) is 0 Å². The molecule has 0 saturated carbocycles. The first kappa shape index (κ1) is 13.8. The van der Waals surface area contributed by atoms with Gasteiger partial charge in [-0.2, -0.15) is 5.10 Å². The van der Waals surface area contributed by atoms with Gasteiger partial charge in [-0.25, -0.2) is 0 Å². The van der Waals surface area contributed by atoms with Crippen LogP contribution in [-0.4, -0.2) is 16.1 Å². The normalized spacial score (nSPS) is 10.7. The molecule has 2 aromatic rings. The Hall–Kier alpha value is -1.61. The lowest BCUT2D eigenvalue weighted by molar-refractivity contribution is 0.112. The molecule has 1 aromatic heterocycles. The molecule has 0 bridgehead atoms. The zero-order valence-corrected chi connectivity index (χ0v) is 12.2. The Morgan fingerprint density at radius 2 is 2.05 bits per heavy atom. The summed E-state index contributed by atoms with van der Waals surface area (Å²) in [4.78, 5) is 11.2. The predicted octanol–water partition coefficient (Wildman–Crippen LogP) is 3.68. The fourth-order valence-electron chi connectivity index (χ4n) is 2.43. The third-order valence-corrected chi connectivity index (χ3v) is 3.56. The lowest BCUT2D eigenvalue weighted by Gasteiger charge is -2.08. The molecule has 0 fully saturated rings. The van der Waals surface area contributed by atoms with Crippen molar-refractivity contribution in [1.29, 1.82) is 0 Å². The second-order valence-corrected chi connectivity index (χ2v) is 4.88. The average Bonchev–Trinajstić information content (AvgIpc) is 2.74. The Morgan fingerprint density at radius 1 is 1.32 bits per heavy atom. The molecule has 0 radical (unpaired) electrons. The van der Waals surface area contributed by atoms with Crippen molar-refractivity contribution >= 4 is 17.9 Å². The summed E-state index contributed by atoms with van der Waals surface area (Å²) in [5.74, 6) is 0. The molecule has 4 heteroatoms. The highest BCUT2D eigenvalue weighted by atomic mass is 35.5. The SMILES string of the molecule is CCc1nn(C)c(CC)c1-c1cc(Cl)ccc1C=O. The number of aryl methyl sites for hydroxylation is 2. The molecule has 0 aliphatic heterocycles. The maximum Gasteiger partial charge on any atom is 0.150 e. The van der Waals surface area contributed by atoms with Crippen LogP contribution in [0.15, 0.2) is 18.2 Å². The third-order valence-electron chi connectivity index (χ3n) is 3.32. The number of aromatic nitrogens is 2. The van der Waals surface area contributed by atoms with Crippen molar-refractivity contribution in [2.75, 3.05) is 0 Å². The standard InChI is InChI=1S/C15H17ClN2O/c1-4-13-15(14(5-2)18(3)17-13)12-8-11(16)7-6-10(12)9-19/h6-9H,4-5H2,1-3H3. The van der Waals surface area contributed by atoms with E-state index in [4.69, 9.17) is 11.6 Å². The number of rotatable bonds is 4. The molecule has 0 amide bonds. The van der Waals surface area contributed by atoms with Crippen LogP contribution in [0, 0.1) is 0 Å². The molecule has 1 heterocycles. The topological polar surface area (TPSA) is 34.9 Å². The quantitative estimate of drug-likeness (QED) is 0.799. The molecule has 1 aromatic carbocycles. The molecule has 3 nitrogen and oxygen atoms in total. The summed E-state index contributed by atoms with van der Waals surface area (Å²) in [6.45, 7) is 4.15. The highest BCUT2D eigenvalue weighted by Crippen LogP contribution is 2.32. The molecule has 2 rings (SSSR count). The van der Waals surface area contributed by atoms with Gasteiger partial charge in [0, 0.05) is 28.9 Å². The van der Waals surface area contributed by atoms with Crippen LogP contribution in [0.25, 0.3) is 11.1 Å². The number of carbonyl (C=O) groups is 1. The van der Waals surface area contributed by atoms with Gasteiger partial charge in [0.1, 0.15) is 0 Å². The highest BCUT2D eigenvalue weighted by molar-refractivity contribution is 6.31. The summed E-state index contributed by atoms with van der Waals surface area (Å²) in [5.41, 5.74) is 4.72. The van der Waals surface area contributed by atoms with Crippen LogP contribution in [0.4, 0.5) is 0 Å². The summed E-state index contributed by atoms with van der Waals surface area (Å²) in [6, 6.07) is 5.35. The monoisotopic (exact) mass is 276 g/mol. The molecule has 0 N–H and O–H groups in total. The van der Waals surface area contributed by atoms with Gasteiger partial charge in [0.05, 0.1) is 5.69 Å². The summed E-state index contributed by atoms with van der Waals surface area (Å²) < 4.78 is 1.89. The molecule has 0 aliphatic rings. The van der Waals surface area contributed by atoms with E-state index in [0.717, 1.165) is 41.6 Å². The van der Waals surface area contributed by atoms with Gasteiger partial charge in [-0.1, -0.05) is 25.4 Å². The van der Waals surface area contributed by atoms with Crippen molar-refractivity contribution in [3.05, 3.63) is 40.2 Å². The van der Waals surface area contributed by atoms with Crippen molar-refractivity contribution in [2.24, 2.45) is 7.05 Å². The molecular weight excluding hydrogens is 260 g/mol. The van der Waals surface area contributed by atoms with Gasteiger partial charge in [0.15, 0.2) is 6.29 Å². The lowest BCUT2D eigenvalue weighted by atomic mass is 9.96. The summed E-state index contributed by atoms with van der Waals surface area (Å²) in [7, 11) is 1.94. The van der Waals surface area contributed by atoms with E-state index in [0.29, 0.717) is 10.6 Å². The first-order valence-electron chi connectivity index (χ1n) is 6.42. The van der Waals surface area contributed by atoms with Crippen molar-refractivity contribution < 1.29 is 4.79 Å². The molecule has 0 saturated heterocycles. The van der Waals surface area contributed by atoms with Crippen molar-refractivity contribution in [2.45, 2.75) is 26.7 Å². The van der Waals surface area contributed by atoms with Crippen LogP contribution >= 0.6 is 11.6 Å². The highest BCUT2D eigenvalue weighted by Gasteiger charge is 2.18. The van der Waals surface area contributed by atoms with E-state index in [1.807, 2.05) is 17.8 Å². The Labute approximate surface area is 118 Å². The number of nitrogens with zero attached hydrogens (tertiary/aromatic N) is 2. The second-order valence-electron chi connectivity index (χ2n) is 4.45. The van der Waals surface area contributed by atoms with E-state index in [1.54, 1.807) is 12.1 Å². The summed E-state index contributed by atoms with van der Waals surface area (Å²) in [5, 5.41) is 5.17. The summed E-state index contributed by atoms with van der Waals surface area (Å²) >= 11 is 6.08. The van der Waals surface area contributed by atoms with Crippen LogP contribution in [0.5, 0.6) is 0 Å². The number of aldehydes is 1. The molecule has 100 valence electrons. The maximum absolute atomic E-state index is 11.2. The zero-order valence-electron chi connectivity index (χ0n) is 11.4. The van der Waals surface area contributed by atoms with Gasteiger partial charge in [0.2, 0.25) is 0 Å². The largest absolute Gasteiger partial charge is 0.298 e. The molecule has 0 atom stereocenters. The lowest BCUT2D eigenvalue weighted by Crippen LogP contribution is -1.98. The van der Waals surface area contributed by atoms with Gasteiger partial charge in [-0.15, -0.1) is 0 Å². The van der Waals surface area contributed by atoms with Gasteiger partial charge >= 0.3 is 0 Å². The number of carbonyl (C=O) groups excluding carboxylic acids is 1. The Kier molecular flexibility index (Phi) is 4.05. The molecule has 0 unspecified atom stereocenters. The predicted molar refractivity (Wildman–Crippen MR) is 77.8 cm³/mol. The minimum Gasteiger partial charge on any atom is -0.298 e. The Bertz CT molecular complexity index is 617. The fourth-order valence-corrected chi connectivity index (χ4v) is 2.60. The minimum atomic E-state index is 0.633. The van der Waals surface area contributed by atoms with Crippen LogP contribution in [0.3, 0.4) is 0 Å². The summed E-state index contributed by atoms with van der Waals surface area (Å²) in [6.07, 6.45) is 2.56. The average molecular weight is 277 g/mol. The van der Waals surface area contributed by atoms with E-state index in [2.05, 4.69) is 18.9 Å². The molecule has 0 spiro atoms. The van der Waals surface area contributed by atoms with Crippen LogP contribution in [-0.2, 0) is 19.9 Å². The van der Waals surface area contributed by atoms with Crippen molar-refractivity contribution in [1.82, 2.24) is 9.78 Å². The molecular formula is C15H17ClN2O. The van der Waals surface area contributed by atoms with E-state index in [1.165, 1.54) is 0 Å². The fraction of sp³-hybridized carbons (Fsp3) is 0.333. The van der Waals surface area contributed by atoms with Gasteiger partial charge in [-0.3, -0.25) is 9.48 Å². The maximum atomic E-state index is 11.2. The van der Waals surface area contributed by atoms with Crippen LogP contribution in [0.1, 0.15) is 35.6 Å². The minimum absolute atomic E-state index is 0.633. The van der Waals surface area contributed by atoms with E-state index >= 15 is 0 Å². The van der Waals surface area contributed by atoms with Crippen molar-refractivity contribution in [3.8, 4) is 11.1 Å².